The molecule has 0 heterocycles. The van der Waals surface area contributed by atoms with Crippen LogP contribution in [0.5, 0.6) is 0 Å². The van der Waals surface area contributed by atoms with Crippen LogP contribution in [0.25, 0.3) is 0 Å². The molecule has 2 nitrogen and oxygen atoms in total. The fourth-order valence-electron chi connectivity index (χ4n) is 1.21. The van der Waals surface area contributed by atoms with Gasteiger partial charge >= 0.3 is 7.12 Å². The van der Waals surface area contributed by atoms with E-state index in [0.717, 1.165) is 0 Å². The summed E-state index contributed by atoms with van der Waals surface area (Å²) in [5.41, 5.74) is 0.953. The Morgan fingerprint density at radius 1 is 1.50 bits per heavy atom. The van der Waals surface area contributed by atoms with Gasteiger partial charge in [0.05, 0.1) is 0 Å². The van der Waals surface area contributed by atoms with Crippen LogP contribution in [-0.2, 0) is 53.8 Å². The first kappa shape index (κ1) is 21.4. The van der Waals surface area contributed by atoms with Crippen LogP contribution in [0.15, 0.2) is 17.0 Å². The normalized spacial score (nSPS) is 11.4. The van der Waals surface area contributed by atoms with E-state index in [1.54, 1.807) is 13.0 Å². The third-order valence-electron chi connectivity index (χ3n) is 2.05. The summed E-state index contributed by atoms with van der Waals surface area (Å²) < 4.78 is 24.2. The van der Waals surface area contributed by atoms with Crippen LogP contribution < -0.4 is 5.46 Å². The van der Waals surface area contributed by atoms with Crippen molar-refractivity contribution in [2.45, 2.75) is 11.8 Å². The van der Waals surface area contributed by atoms with Crippen LogP contribution in [0.3, 0.4) is 0 Å². The summed E-state index contributed by atoms with van der Waals surface area (Å²) in [6, 6.07) is 5.82. The van der Waals surface area contributed by atoms with Crippen molar-refractivity contribution in [3.05, 3.63) is 30.2 Å². The molecule has 1 unspecified atom stereocenters. The fraction of sp³-hybridized carbons (Fsp3) is 0.200. The van der Waals surface area contributed by atoms with E-state index in [1.165, 1.54) is 6.07 Å². The van der Waals surface area contributed by atoms with Gasteiger partial charge in [-0.1, -0.05) is 18.5 Å². The first-order valence-corrected chi connectivity index (χ1v) is 6.04. The Morgan fingerprint density at radius 2 is 2.06 bits per heavy atom. The SMILES string of the molecule is C=S(C[C-](F)F)c1[c-]cc(C)c(B(O)O)c1.[W].[Y]. The summed E-state index contributed by atoms with van der Waals surface area (Å²) in [4.78, 5) is 0.474. The molecule has 0 amide bonds. The third kappa shape index (κ3) is 6.49. The molecule has 97 valence electrons. The van der Waals surface area contributed by atoms with Crippen molar-refractivity contribution in [2.75, 3.05) is 5.75 Å². The molecule has 0 fully saturated rings. The standard InChI is InChI=1S/C10H11BF2O2S.W.Y/c1-7-3-4-8(5-9(7)11(14)15)16(2)6-10(12)13;;/h3,5,14-15H,2,6H2,1H3;;/q-2;;. The molecule has 1 aromatic rings. The minimum Gasteiger partial charge on any atom is -0.424 e. The van der Waals surface area contributed by atoms with Gasteiger partial charge in [0.1, 0.15) is 0 Å². The van der Waals surface area contributed by atoms with Gasteiger partial charge in [-0.05, 0) is 0 Å². The molecule has 0 aromatic heterocycles. The first-order valence-electron chi connectivity index (χ1n) is 4.47. The number of benzene rings is 1. The molecule has 1 rings (SSSR count). The fourth-order valence-corrected chi connectivity index (χ4v) is 2.15. The van der Waals surface area contributed by atoms with Crippen LogP contribution in [0.4, 0.5) is 8.78 Å². The molecule has 8 heteroatoms. The van der Waals surface area contributed by atoms with Crippen LogP contribution in [0.1, 0.15) is 5.56 Å². The van der Waals surface area contributed by atoms with E-state index in [-0.39, 0.29) is 53.8 Å². The van der Waals surface area contributed by atoms with Crippen LogP contribution >= 0.6 is 10.5 Å². The van der Waals surface area contributed by atoms with Crippen molar-refractivity contribution in [1.82, 2.24) is 0 Å². The predicted molar refractivity (Wildman–Crippen MR) is 63.1 cm³/mol. The Hall–Kier alpha value is 1.08. The predicted octanol–water partition coefficient (Wildman–Crippen LogP) is 0.958. The third-order valence-corrected chi connectivity index (χ3v) is 3.47. The van der Waals surface area contributed by atoms with Crippen LogP contribution in [0, 0.1) is 19.4 Å². The van der Waals surface area contributed by atoms with Gasteiger partial charge in [-0.25, -0.2) is 10.5 Å². The molecule has 1 radical (unpaired) electrons. The maximum atomic E-state index is 12.1. The molecule has 0 aliphatic rings. The summed E-state index contributed by atoms with van der Waals surface area (Å²) in [7, 11) is -2.52. The van der Waals surface area contributed by atoms with Crippen molar-refractivity contribution in [3.8, 4) is 0 Å². The largest absolute Gasteiger partial charge is 0.462 e. The number of halogens is 2. The van der Waals surface area contributed by atoms with E-state index in [2.05, 4.69) is 11.9 Å². The Morgan fingerprint density at radius 3 is 2.50 bits per heavy atom. The Labute approximate surface area is 148 Å². The van der Waals surface area contributed by atoms with Gasteiger partial charge < -0.3 is 18.8 Å². The van der Waals surface area contributed by atoms with E-state index in [4.69, 9.17) is 10.0 Å². The maximum absolute atomic E-state index is 12.1. The second-order valence-electron chi connectivity index (χ2n) is 3.29. The number of rotatable bonds is 4. The van der Waals surface area contributed by atoms with Crippen LogP contribution in [0.2, 0.25) is 0 Å². The second-order valence-corrected chi connectivity index (χ2v) is 5.00. The van der Waals surface area contributed by atoms with Gasteiger partial charge in [0.15, 0.2) is 0 Å². The molecular formula is C10H11BF2O2SWY-2. The van der Waals surface area contributed by atoms with Gasteiger partial charge in [0.2, 0.25) is 0 Å². The molecule has 2 N–H and O–H groups in total. The van der Waals surface area contributed by atoms with E-state index >= 15 is 0 Å². The van der Waals surface area contributed by atoms with Crippen molar-refractivity contribution in [1.29, 1.82) is 0 Å². The van der Waals surface area contributed by atoms with Crippen LogP contribution in [-0.4, -0.2) is 28.8 Å². The van der Waals surface area contributed by atoms with Gasteiger partial charge in [0.25, 0.3) is 0 Å². The van der Waals surface area contributed by atoms with Crippen molar-refractivity contribution in [3.63, 3.8) is 0 Å². The number of hydrogen-bond donors (Lipinski definition) is 2. The van der Waals surface area contributed by atoms with Crippen molar-refractivity contribution < 1.29 is 72.6 Å². The molecule has 0 aliphatic carbocycles. The van der Waals surface area contributed by atoms with Gasteiger partial charge in [0, 0.05) is 60.2 Å². The molecule has 0 aliphatic heterocycles. The van der Waals surface area contributed by atoms with Gasteiger partial charge in [-0.2, -0.15) is 23.8 Å². The second kappa shape index (κ2) is 9.90. The van der Waals surface area contributed by atoms with E-state index < -0.39 is 29.8 Å². The first-order chi connectivity index (χ1) is 7.41. The average molecular weight is 517 g/mol. The molecule has 0 saturated heterocycles. The van der Waals surface area contributed by atoms with E-state index in [0.29, 0.717) is 15.9 Å². The molecule has 0 saturated carbocycles. The summed E-state index contributed by atoms with van der Waals surface area (Å²) in [5.74, 6) is 3.19. The summed E-state index contributed by atoms with van der Waals surface area (Å²) >= 11 is 0. The Bertz CT molecular complexity index is 407. The quantitative estimate of drug-likeness (QED) is 0.356. The Balaban J connectivity index is 0. The topological polar surface area (TPSA) is 40.5 Å². The molecular weight excluding hydrogens is 506 g/mol. The molecule has 1 atom stereocenters. The molecule has 1 aromatic carbocycles. The number of hydrogen-bond acceptors (Lipinski definition) is 2. The van der Waals surface area contributed by atoms with Crippen molar-refractivity contribution >= 4 is 28.9 Å². The average Bonchev–Trinajstić information content (AvgIpc) is 2.16. The monoisotopic (exact) mass is 517 g/mol. The zero-order chi connectivity index (χ0) is 12.3. The summed E-state index contributed by atoms with van der Waals surface area (Å²) in [5, 5.41) is 18.1. The molecule has 0 spiro atoms. The molecule has 0 bridgehead atoms. The number of aryl methyl sites for hydroxylation is 1. The van der Waals surface area contributed by atoms with E-state index in [9.17, 15) is 8.78 Å². The van der Waals surface area contributed by atoms with Gasteiger partial charge in [-0.15, -0.1) is 10.4 Å². The summed E-state index contributed by atoms with van der Waals surface area (Å²) in [6.07, 6.45) is -1.68. The van der Waals surface area contributed by atoms with Crippen molar-refractivity contribution in [2.24, 2.45) is 0 Å². The molecule has 18 heavy (non-hydrogen) atoms. The smallest absolute Gasteiger partial charge is 0.424 e. The minimum atomic E-state index is -1.68. The maximum Gasteiger partial charge on any atom is 0.462 e. The van der Waals surface area contributed by atoms with E-state index in [1.807, 2.05) is 0 Å². The summed E-state index contributed by atoms with van der Waals surface area (Å²) in [6.45, 7) is 1.69. The Kier molecular flexibility index (Phi) is 11.8. The zero-order valence-electron chi connectivity index (χ0n) is 9.69. The minimum absolute atomic E-state index is 0. The zero-order valence-corrected chi connectivity index (χ0v) is 16.3. The van der Waals surface area contributed by atoms with Gasteiger partial charge in [-0.3, -0.25) is 0 Å².